The number of carbonyl (C=O) groups is 1. The summed E-state index contributed by atoms with van der Waals surface area (Å²) in [5.41, 5.74) is 0.692. The molecule has 1 N–H and O–H groups in total. The molecule has 0 radical (unpaired) electrons. The predicted octanol–water partition coefficient (Wildman–Crippen LogP) is 1.32. The van der Waals surface area contributed by atoms with Crippen molar-refractivity contribution in [3.8, 4) is 6.01 Å². The second-order valence-electron chi connectivity index (χ2n) is 3.63. The van der Waals surface area contributed by atoms with Gasteiger partial charge in [-0.3, -0.25) is 10.1 Å². The SMILES string of the molecule is CCOc1ncc(/C=C/C(=O)Nc2ncccn2)cn1. The van der Waals surface area contributed by atoms with Crippen LogP contribution in [-0.2, 0) is 4.79 Å². The lowest BCUT2D eigenvalue weighted by Gasteiger charge is -2.00. The molecule has 2 heterocycles. The topological polar surface area (TPSA) is 89.9 Å². The first-order valence-electron chi connectivity index (χ1n) is 5.99. The largest absolute Gasteiger partial charge is 0.464 e. The minimum atomic E-state index is -0.329. The summed E-state index contributed by atoms with van der Waals surface area (Å²) in [6, 6.07) is 1.98. The first-order chi connectivity index (χ1) is 9.78. The van der Waals surface area contributed by atoms with Gasteiger partial charge in [0, 0.05) is 36.4 Å². The van der Waals surface area contributed by atoms with Crippen molar-refractivity contribution in [3.63, 3.8) is 0 Å². The smallest absolute Gasteiger partial charge is 0.316 e. The van der Waals surface area contributed by atoms with Crippen LogP contribution in [0.25, 0.3) is 6.08 Å². The van der Waals surface area contributed by atoms with Gasteiger partial charge in [-0.25, -0.2) is 19.9 Å². The highest BCUT2D eigenvalue weighted by molar-refractivity contribution is 6.00. The lowest BCUT2D eigenvalue weighted by atomic mass is 10.3. The average molecular weight is 271 g/mol. The van der Waals surface area contributed by atoms with Crippen LogP contribution in [0.3, 0.4) is 0 Å². The molecular weight excluding hydrogens is 258 g/mol. The molecule has 0 saturated carbocycles. The highest BCUT2D eigenvalue weighted by Gasteiger charge is 1.99. The number of aromatic nitrogens is 4. The fourth-order valence-corrected chi connectivity index (χ4v) is 1.30. The third-order valence-electron chi connectivity index (χ3n) is 2.15. The van der Waals surface area contributed by atoms with Gasteiger partial charge in [0.1, 0.15) is 0 Å². The number of hydrogen-bond donors (Lipinski definition) is 1. The highest BCUT2D eigenvalue weighted by Crippen LogP contribution is 2.04. The van der Waals surface area contributed by atoms with E-state index in [1.54, 1.807) is 36.9 Å². The zero-order chi connectivity index (χ0) is 14.2. The van der Waals surface area contributed by atoms with Gasteiger partial charge in [-0.2, -0.15) is 0 Å². The molecule has 2 aromatic rings. The molecule has 7 nitrogen and oxygen atoms in total. The molecule has 0 atom stereocenters. The number of carbonyl (C=O) groups excluding carboxylic acids is 1. The van der Waals surface area contributed by atoms with Crippen molar-refractivity contribution in [3.05, 3.63) is 42.5 Å². The minimum absolute atomic E-state index is 0.255. The number of hydrogen-bond acceptors (Lipinski definition) is 6. The van der Waals surface area contributed by atoms with E-state index < -0.39 is 0 Å². The van der Waals surface area contributed by atoms with Crippen LogP contribution < -0.4 is 10.1 Å². The third kappa shape index (κ3) is 4.13. The van der Waals surface area contributed by atoms with E-state index in [1.165, 1.54) is 6.08 Å². The van der Waals surface area contributed by atoms with Crippen molar-refractivity contribution in [1.82, 2.24) is 19.9 Å². The summed E-state index contributed by atoms with van der Waals surface area (Å²) in [6.45, 7) is 2.36. The van der Waals surface area contributed by atoms with E-state index in [0.29, 0.717) is 18.2 Å². The third-order valence-corrected chi connectivity index (χ3v) is 2.15. The summed E-state index contributed by atoms with van der Waals surface area (Å²) in [5.74, 6) is -0.0739. The molecule has 0 aliphatic rings. The Morgan fingerprint density at radius 1 is 1.25 bits per heavy atom. The van der Waals surface area contributed by atoms with Gasteiger partial charge in [0.05, 0.1) is 6.61 Å². The fraction of sp³-hybridized carbons (Fsp3) is 0.154. The van der Waals surface area contributed by atoms with Gasteiger partial charge in [0.15, 0.2) is 0 Å². The Hall–Kier alpha value is -2.83. The molecule has 0 aliphatic carbocycles. The van der Waals surface area contributed by atoms with E-state index in [4.69, 9.17) is 4.74 Å². The normalized spacial score (nSPS) is 10.4. The van der Waals surface area contributed by atoms with Crippen molar-refractivity contribution in [2.24, 2.45) is 0 Å². The van der Waals surface area contributed by atoms with Crippen molar-refractivity contribution >= 4 is 17.9 Å². The van der Waals surface area contributed by atoms with Gasteiger partial charge in [-0.15, -0.1) is 0 Å². The summed E-state index contributed by atoms with van der Waals surface area (Å²) in [4.78, 5) is 27.4. The Bertz CT molecular complexity index is 583. The minimum Gasteiger partial charge on any atom is -0.464 e. The first-order valence-corrected chi connectivity index (χ1v) is 5.99. The monoisotopic (exact) mass is 271 g/mol. The maximum Gasteiger partial charge on any atom is 0.316 e. The van der Waals surface area contributed by atoms with Crippen LogP contribution in [0, 0.1) is 0 Å². The van der Waals surface area contributed by atoms with Crippen LogP contribution in [0.4, 0.5) is 5.95 Å². The van der Waals surface area contributed by atoms with Gasteiger partial charge in [0.2, 0.25) is 5.95 Å². The molecule has 2 aromatic heterocycles. The first kappa shape index (κ1) is 13.6. The molecule has 7 heteroatoms. The molecule has 0 saturated heterocycles. The molecule has 0 bridgehead atoms. The van der Waals surface area contributed by atoms with Crippen molar-refractivity contribution < 1.29 is 9.53 Å². The average Bonchev–Trinajstić information content (AvgIpc) is 2.48. The van der Waals surface area contributed by atoms with Gasteiger partial charge in [0.25, 0.3) is 5.91 Å². The quantitative estimate of drug-likeness (QED) is 0.825. The second kappa shape index (κ2) is 6.93. The maximum atomic E-state index is 11.6. The Balaban J connectivity index is 1.93. The van der Waals surface area contributed by atoms with Crippen LogP contribution in [0.2, 0.25) is 0 Å². The van der Waals surface area contributed by atoms with Crippen molar-refractivity contribution in [2.75, 3.05) is 11.9 Å². The van der Waals surface area contributed by atoms with Crippen LogP contribution in [-0.4, -0.2) is 32.4 Å². The zero-order valence-corrected chi connectivity index (χ0v) is 10.9. The second-order valence-corrected chi connectivity index (χ2v) is 3.63. The number of ether oxygens (including phenoxy) is 1. The van der Waals surface area contributed by atoms with E-state index in [2.05, 4.69) is 25.3 Å². The Morgan fingerprint density at radius 3 is 2.60 bits per heavy atom. The Labute approximate surface area is 115 Å². The van der Waals surface area contributed by atoms with Crippen molar-refractivity contribution in [1.29, 1.82) is 0 Å². The molecule has 0 aromatic carbocycles. The Morgan fingerprint density at radius 2 is 1.95 bits per heavy atom. The fourth-order valence-electron chi connectivity index (χ4n) is 1.30. The van der Waals surface area contributed by atoms with Crippen LogP contribution in [0.5, 0.6) is 6.01 Å². The van der Waals surface area contributed by atoms with E-state index in [0.717, 1.165) is 0 Å². The molecule has 0 spiro atoms. The Kier molecular flexibility index (Phi) is 4.71. The van der Waals surface area contributed by atoms with E-state index in [-0.39, 0.29) is 11.9 Å². The molecular formula is C13H13N5O2. The molecule has 0 fully saturated rings. The van der Waals surface area contributed by atoms with Crippen LogP contribution in [0.15, 0.2) is 36.9 Å². The van der Waals surface area contributed by atoms with Gasteiger partial charge >= 0.3 is 6.01 Å². The molecule has 1 amide bonds. The molecule has 0 aliphatic heterocycles. The number of amides is 1. The van der Waals surface area contributed by atoms with E-state index >= 15 is 0 Å². The predicted molar refractivity (Wildman–Crippen MR) is 72.9 cm³/mol. The number of anilines is 1. The standard InChI is InChI=1S/C13H13N5O2/c1-2-20-13-16-8-10(9-17-13)4-5-11(19)18-12-14-6-3-7-15-12/h3-9H,2H2,1H3,(H,14,15,18,19)/b5-4+. The van der Waals surface area contributed by atoms with Gasteiger partial charge in [-0.1, -0.05) is 0 Å². The molecule has 20 heavy (non-hydrogen) atoms. The van der Waals surface area contributed by atoms with Crippen LogP contribution >= 0.6 is 0 Å². The molecule has 102 valence electrons. The molecule has 2 rings (SSSR count). The number of nitrogens with one attached hydrogen (secondary N) is 1. The van der Waals surface area contributed by atoms with Gasteiger partial charge in [-0.05, 0) is 19.1 Å². The summed E-state index contributed by atoms with van der Waals surface area (Å²) in [7, 11) is 0. The zero-order valence-electron chi connectivity index (χ0n) is 10.9. The summed E-state index contributed by atoms with van der Waals surface area (Å²) < 4.78 is 5.12. The summed E-state index contributed by atoms with van der Waals surface area (Å²) in [5, 5.41) is 2.53. The van der Waals surface area contributed by atoms with E-state index in [1.807, 2.05) is 6.92 Å². The number of nitrogens with zero attached hydrogens (tertiary/aromatic N) is 4. The summed E-state index contributed by atoms with van der Waals surface area (Å²) in [6.07, 6.45) is 9.18. The van der Waals surface area contributed by atoms with Crippen LogP contribution in [0.1, 0.15) is 12.5 Å². The lowest BCUT2D eigenvalue weighted by molar-refractivity contribution is -0.111. The van der Waals surface area contributed by atoms with Crippen molar-refractivity contribution in [2.45, 2.75) is 6.92 Å². The summed E-state index contributed by atoms with van der Waals surface area (Å²) >= 11 is 0. The number of rotatable bonds is 5. The maximum absolute atomic E-state index is 11.6. The molecule has 0 unspecified atom stereocenters. The van der Waals surface area contributed by atoms with Gasteiger partial charge < -0.3 is 4.74 Å². The highest BCUT2D eigenvalue weighted by atomic mass is 16.5. The van der Waals surface area contributed by atoms with E-state index in [9.17, 15) is 4.79 Å². The lowest BCUT2D eigenvalue weighted by Crippen LogP contribution is -2.10.